The molecule has 0 bridgehead atoms. The number of aryl methyl sites for hydroxylation is 1. The Kier molecular flexibility index (Phi) is 3.79. The lowest BCUT2D eigenvalue weighted by atomic mass is 10.1. The number of hydrogen-bond acceptors (Lipinski definition) is 2. The van der Waals surface area contributed by atoms with Crippen LogP contribution in [0.4, 0.5) is 13.2 Å². The number of furan rings is 1. The predicted molar refractivity (Wildman–Crippen MR) is 68.3 cm³/mol. The van der Waals surface area contributed by atoms with Crippen LogP contribution in [0.3, 0.4) is 0 Å². The van der Waals surface area contributed by atoms with Gasteiger partial charge in [-0.15, -0.1) is 0 Å². The van der Waals surface area contributed by atoms with E-state index in [2.05, 4.69) is 0 Å². The zero-order valence-electron chi connectivity index (χ0n) is 10.6. The van der Waals surface area contributed by atoms with Gasteiger partial charge in [-0.25, -0.2) is 0 Å². The van der Waals surface area contributed by atoms with Crippen molar-refractivity contribution in [2.75, 3.05) is 0 Å². The molecule has 0 aliphatic carbocycles. The summed E-state index contributed by atoms with van der Waals surface area (Å²) in [6.07, 6.45) is -1.88. The van der Waals surface area contributed by atoms with Crippen LogP contribution in [0.2, 0.25) is 0 Å². The third-order valence-corrected chi connectivity index (χ3v) is 2.62. The first-order valence-corrected chi connectivity index (χ1v) is 5.82. The molecule has 1 aromatic carbocycles. The summed E-state index contributed by atoms with van der Waals surface area (Å²) in [5, 5.41) is 0. The van der Waals surface area contributed by atoms with E-state index in [1.165, 1.54) is 30.4 Å². The predicted octanol–water partition coefficient (Wildman–Crippen LogP) is 4.50. The van der Waals surface area contributed by atoms with Gasteiger partial charge in [-0.05, 0) is 42.8 Å². The molecule has 2 aromatic rings. The molecule has 104 valence electrons. The van der Waals surface area contributed by atoms with Crippen molar-refractivity contribution < 1.29 is 22.4 Å². The van der Waals surface area contributed by atoms with E-state index in [4.69, 9.17) is 4.42 Å². The fourth-order valence-electron chi connectivity index (χ4n) is 1.64. The molecule has 2 rings (SSSR count). The fraction of sp³-hybridized carbons (Fsp3) is 0.133. The number of halogens is 3. The average Bonchev–Trinajstić information content (AvgIpc) is 2.82. The van der Waals surface area contributed by atoms with Crippen molar-refractivity contribution in [2.24, 2.45) is 0 Å². The number of alkyl halides is 3. The Balaban J connectivity index is 2.18. The van der Waals surface area contributed by atoms with Gasteiger partial charge in [0.25, 0.3) is 0 Å². The highest BCUT2D eigenvalue weighted by Crippen LogP contribution is 2.29. The summed E-state index contributed by atoms with van der Waals surface area (Å²) in [7, 11) is 0. The summed E-state index contributed by atoms with van der Waals surface area (Å²) in [4.78, 5) is 11.7. The Labute approximate surface area is 113 Å². The molecule has 0 saturated heterocycles. The van der Waals surface area contributed by atoms with Gasteiger partial charge in [0.2, 0.25) is 5.78 Å². The van der Waals surface area contributed by atoms with Crippen LogP contribution in [0.15, 0.2) is 46.9 Å². The number of allylic oxidation sites excluding steroid dienone is 1. The van der Waals surface area contributed by atoms with Crippen molar-refractivity contribution in [3.63, 3.8) is 0 Å². The standard InChI is InChI=1S/C15H11F3O2/c1-10-5-8-14(20-10)13(19)7-6-11-3-2-4-12(9-11)15(16,17)18/h2-9H,1H3/b7-6+. The zero-order valence-corrected chi connectivity index (χ0v) is 10.6. The lowest BCUT2D eigenvalue weighted by Gasteiger charge is -2.06. The van der Waals surface area contributed by atoms with E-state index < -0.39 is 17.5 Å². The Bertz CT molecular complexity index is 651. The average molecular weight is 280 g/mol. The second kappa shape index (κ2) is 5.36. The SMILES string of the molecule is Cc1ccc(C(=O)/C=C/c2cccc(C(F)(F)F)c2)o1. The molecular formula is C15H11F3O2. The minimum Gasteiger partial charge on any atom is -0.458 e. The number of benzene rings is 1. The number of hydrogen-bond donors (Lipinski definition) is 0. The molecule has 20 heavy (non-hydrogen) atoms. The highest BCUT2D eigenvalue weighted by Gasteiger charge is 2.30. The first kappa shape index (κ1) is 14.1. The van der Waals surface area contributed by atoms with Crippen LogP contribution in [0.1, 0.15) is 27.4 Å². The van der Waals surface area contributed by atoms with Gasteiger partial charge in [0.15, 0.2) is 5.76 Å². The molecule has 0 aliphatic heterocycles. The molecule has 1 heterocycles. The number of rotatable bonds is 3. The minimum atomic E-state index is -4.40. The van der Waals surface area contributed by atoms with Crippen LogP contribution in [-0.4, -0.2) is 5.78 Å². The smallest absolute Gasteiger partial charge is 0.416 e. The Morgan fingerprint density at radius 1 is 1.20 bits per heavy atom. The molecule has 0 atom stereocenters. The van der Waals surface area contributed by atoms with E-state index in [-0.39, 0.29) is 5.76 Å². The third-order valence-electron chi connectivity index (χ3n) is 2.62. The maximum atomic E-state index is 12.5. The lowest BCUT2D eigenvalue weighted by Crippen LogP contribution is -2.04. The van der Waals surface area contributed by atoms with Crippen molar-refractivity contribution >= 4 is 11.9 Å². The van der Waals surface area contributed by atoms with Crippen LogP contribution < -0.4 is 0 Å². The van der Waals surface area contributed by atoms with Crippen molar-refractivity contribution in [3.8, 4) is 0 Å². The van der Waals surface area contributed by atoms with Gasteiger partial charge in [0.05, 0.1) is 5.56 Å². The molecule has 0 N–H and O–H groups in total. The minimum absolute atomic E-state index is 0.158. The Hall–Kier alpha value is -2.30. The summed E-state index contributed by atoms with van der Waals surface area (Å²) < 4.78 is 42.7. The number of ketones is 1. The summed E-state index contributed by atoms with van der Waals surface area (Å²) in [5.74, 6) is 0.363. The van der Waals surface area contributed by atoms with E-state index in [1.807, 2.05) is 0 Å². The molecular weight excluding hydrogens is 269 g/mol. The van der Waals surface area contributed by atoms with Gasteiger partial charge in [0.1, 0.15) is 5.76 Å². The molecule has 0 saturated carbocycles. The fourth-order valence-corrected chi connectivity index (χ4v) is 1.64. The highest BCUT2D eigenvalue weighted by atomic mass is 19.4. The van der Waals surface area contributed by atoms with Crippen LogP contribution in [0.5, 0.6) is 0 Å². The number of carbonyl (C=O) groups is 1. The van der Waals surface area contributed by atoms with Gasteiger partial charge >= 0.3 is 6.18 Å². The molecule has 0 amide bonds. The highest BCUT2D eigenvalue weighted by molar-refractivity contribution is 6.04. The molecule has 0 radical (unpaired) electrons. The van der Waals surface area contributed by atoms with Gasteiger partial charge in [-0.1, -0.05) is 18.2 Å². The third kappa shape index (κ3) is 3.38. The van der Waals surface area contributed by atoms with E-state index in [1.54, 1.807) is 13.0 Å². The van der Waals surface area contributed by atoms with Crippen LogP contribution in [-0.2, 0) is 6.18 Å². The van der Waals surface area contributed by atoms with Crippen LogP contribution in [0.25, 0.3) is 6.08 Å². The lowest BCUT2D eigenvalue weighted by molar-refractivity contribution is -0.137. The molecule has 0 spiro atoms. The molecule has 5 heteroatoms. The molecule has 0 unspecified atom stereocenters. The van der Waals surface area contributed by atoms with Crippen LogP contribution in [0, 0.1) is 6.92 Å². The van der Waals surface area contributed by atoms with E-state index in [0.29, 0.717) is 11.3 Å². The largest absolute Gasteiger partial charge is 0.458 e. The molecule has 2 nitrogen and oxygen atoms in total. The van der Waals surface area contributed by atoms with Gasteiger partial charge < -0.3 is 4.42 Å². The first-order chi connectivity index (χ1) is 9.36. The first-order valence-electron chi connectivity index (χ1n) is 5.82. The zero-order chi connectivity index (χ0) is 14.8. The maximum absolute atomic E-state index is 12.5. The second-order valence-corrected chi connectivity index (χ2v) is 4.23. The van der Waals surface area contributed by atoms with Crippen molar-refractivity contribution in [1.29, 1.82) is 0 Å². The quantitative estimate of drug-likeness (QED) is 0.612. The summed E-state index contributed by atoms with van der Waals surface area (Å²) in [5.41, 5.74) is -0.447. The summed E-state index contributed by atoms with van der Waals surface area (Å²) in [6.45, 7) is 1.70. The number of carbonyl (C=O) groups excluding carboxylic acids is 1. The molecule has 0 fully saturated rings. The molecule has 1 aromatic heterocycles. The normalized spacial score (nSPS) is 12.0. The van der Waals surface area contributed by atoms with Gasteiger partial charge in [-0.3, -0.25) is 4.79 Å². The Morgan fingerprint density at radius 2 is 1.95 bits per heavy atom. The maximum Gasteiger partial charge on any atom is 0.416 e. The summed E-state index contributed by atoms with van der Waals surface area (Å²) in [6, 6.07) is 7.92. The van der Waals surface area contributed by atoms with Crippen molar-refractivity contribution in [1.82, 2.24) is 0 Å². The second-order valence-electron chi connectivity index (χ2n) is 4.23. The van der Waals surface area contributed by atoms with Crippen molar-refractivity contribution in [2.45, 2.75) is 13.1 Å². The molecule has 0 aliphatic rings. The van der Waals surface area contributed by atoms with Crippen LogP contribution >= 0.6 is 0 Å². The van der Waals surface area contributed by atoms with E-state index in [0.717, 1.165) is 12.1 Å². The van der Waals surface area contributed by atoms with Gasteiger partial charge in [0, 0.05) is 0 Å². The monoisotopic (exact) mass is 280 g/mol. The van der Waals surface area contributed by atoms with Gasteiger partial charge in [-0.2, -0.15) is 13.2 Å². The van der Waals surface area contributed by atoms with E-state index in [9.17, 15) is 18.0 Å². The summed E-state index contributed by atoms with van der Waals surface area (Å²) >= 11 is 0. The Morgan fingerprint density at radius 3 is 2.55 bits per heavy atom. The van der Waals surface area contributed by atoms with E-state index >= 15 is 0 Å². The topological polar surface area (TPSA) is 30.2 Å². The van der Waals surface area contributed by atoms with Crippen molar-refractivity contribution in [3.05, 3.63) is 65.1 Å².